The predicted octanol–water partition coefficient (Wildman–Crippen LogP) is 3.48. The number of rotatable bonds is 7. The van der Waals surface area contributed by atoms with Gasteiger partial charge in [-0.05, 0) is 63.7 Å². The molecular formula is C25H30BClN4O3. The van der Waals surface area contributed by atoms with Crippen molar-refractivity contribution in [2.75, 3.05) is 31.6 Å². The van der Waals surface area contributed by atoms with Crippen LogP contribution < -0.4 is 5.32 Å². The Labute approximate surface area is 206 Å². The molecule has 178 valence electrons. The first-order valence-corrected chi connectivity index (χ1v) is 12.3. The van der Waals surface area contributed by atoms with Crippen molar-refractivity contribution in [2.45, 2.75) is 50.3 Å². The molecule has 2 N–H and O–H groups in total. The topological polar surface area (TPSA) is 77.4 Å². The molecule has 2 radical (unpaired) electrons. The number of aliphatic imine (C=N–C) groups is 1. The molecule has 3 fully saturated rings. The monoisotopic (exact) mass is 480 g/mol. The molecule has 5 rings (SSSR count). The number of ether oxygens (including phenoxy) is 1. The number of para-hydroxylation sites is 1. The number of aliphatic hydroxyl groups is 1. The van der Waals surface area contributed by atoms with Gasteiger partial charge in [0.1, 0.15) is 25.9 Å². The Balaban J connectivity index is 1.26. The third-order valence-corrected chi connectivity index (χ3v) is 7.80. The van der Waals surface area contributed by atoms with E-state index in [4.69, 9.17) is 24.2 Å². The Kier molecular flexibility index (Phi) is 6.48. The zero-order valence-electron chi connectivity index (χ0n) is 19.4. The van der Waals surface area contributed by atoms with Crippen molar-refractivity contribution in [1.82, 2.24) is 9.80 Å². The number of halogens is 1. The summed E-state index contributed by atoms with van der Waals surface area (Å²) >= 11 is 6.23. The highest BCUT2D eigenvalue weighted by molar-refractivity contribution is 6.33. The average Bonchev–Trinajstić information content (AvgIpc) is 3.48. The summed E-state index contributed by atoms with van der Waals surface area (Å²) in [4.78, 5) is 21.9. The number of nitrogens with zero attached hydrogens (tertiary/aromatic N) is 3. The molecule has 34 heavy (non-hydrogen) atoms. The summed E-state index contributed by atoms with van der Waals surface area (Å²) < 4.78 is 6.31. The van der Waals surface area contributed by atoms with E-state index >= 15 is 0 Å². The maximum Gasteiger partial charge on any atom is 0.273 e. The fraction of sp³-hybridized carbons (Fsp3) is 0.520. The van der Waals surface area contributed by atoms with Crippen LogP contribution in [-0.4, -0.2) is 78.8 Å². The van der Waals surface area contributed by atoms with Gasteiger partial charge in [0.05, 0.1) is 28.6 Å². The Bertz CT molecular complexity index is 1060. The quantitative estimate of drug-likeness (QED) is 0.461. The third kappa shape index (κ3) is 4.63. The number of benzene rings is 1. The Hall–Kier alpha value is -2.29. The standard InChI is InChI=1S/C25H30BClN4O3/c1-16-10-25(34-15-23(32)19(26)14-30-7-4-8-30)11-17(25)9-18-12-28-13-22(31(16)18)24(33)29-21-6-3-2-5-20(21)27/h2-3,5-6,12-13,16-18,32H,4,7-11,14-15H2,1H3,(H,29,33)/b23-19+. The lowest BCUT2D eigenvalue weighted by atomic mass is 9.92. The molecule has 3 aliphatic heterocycles. The number of likely N-dealkylation sites (tertiary alicyclic amines) is 1. The summed E-state index contributed by atoms with van der Waals surface area (Å²) in [5, 5.41) is 13.9. The molecule has 9 heteroatoms. The summed E-state index contributed by atoms with van der Waals surface area (Å²) in [7, 11) is 6.10. The van der Waals surface area contributed by atoms with E-state index in [1.807, 2.05) is 18.3 Å². The number of amides is 1. The molecule has 1 aromatic rings. The summed E-state index contributed by atoms with van der Waals surface area (Å²) in [6, 6.07) is 7.26. The molecule has 2 saturated heterocycles. The zero-order chi connectivity index (χ0) is 23.9. The first-order chi connectivity index (χ1) is 16.4. The van der Waals surface area contributed by atoms with E-state index in [-0.39, 0.29) is 36.0 Å². The van der Waals surface area contributed by atoms with Crippen molar-refractivity contribution in [1.29, 1.82) is 0 Å². The molecule has 7 nitrogen and oxygen atoms in total. The van der Waals surface area contributed by atoms with Crippen molar-refractivity contribution < 1.29 is 14.6 Å². The van der Waals surface area contributed by atoms with Gasteiger partial charge in [0.15, 0.2) is 0 Å². The van der Waals surface area contributed by atoms with E-state index in [0.717, 1.165) is 32.4 Å². The molecular weight excluding hydrogens is 451 g/mol. The fourth-order valence-corrected chi connectivity index (χ4v) is 5.59. The first-order valence-electron chi connectivity index (χ1n) is 12.0. The van der Waals surface area contributed by atoms with Crippen LogP contribution in [-0.2, 0) is 9.53 Å². The molecule has 0 aromatic heterocycles. The molecule has 3 heterocycles. The second-order valence-electron chi connectivity index (χ2n) is 9.87. The fourth-order valence-electron chi connectivity index (χ4n) is 5.40. The van der Waals surface area contributed by atoms with E-state index in [9.17, 15) is 9.90 Å². The molecule has 4 unspecified atom stereocenters. The second-order valence-corrected chi connectivity index (χ2v) is 10.3. The van der Waals surface area contributed by atoms with E-state index < -0.39 is 0 Å². The maximum atomic E-state index is 13.2. The highest BCUT2D eigenvalue weighted by Crippen LogP contribution is 2.56. The van der Waals surface area contributed by atoms with Crippen LogP contribution in [0.4, 0.5) is 5.69 Å². The third-order valence-electron chi connectivity index (χ3n) is 7.47. The second kappa shape index (κ2) is 9.40. The lowest BCUT2D eigenvalue weighted by Crippen LogP contribution is -2.46. The van der Waals surface area contributed by atoms with Crippen LogP contribution in [0.15, 0.2) is 52.4 Å². The van der Waals surface area contributed by atoms with Gasteiger partial charge < -0.3 is 25.0 Å². The molecule has 1 amide bonds. The van der Waals surface area contributed by atoms with Crippen molar-refractivity contribution in [3.05, 3.63) is 52.4 Å². The Morgan fingerprint density at radius 1 is 1.35 bits per heavy atom. The minimum Gasteiger partial charge on any atom is -0.511 e. The largest absolute Gasteiger partial charge is 0.511 e. The molecule has 1 aliphatic carbocycles. The van der Waals surface area contributed by atoms with Crippen LogP contribution in [0.5, 0.6) is 0 Å². The van der Waals surface area contributed by atoms with Gasteiger partial charge in [-0.1, -0.05) is 29.2 Å². The van der Waals surface area contributed by atoms with Crippen LogP contribution in [0, 0.1) is 5.92 Å². The SMILES string of the molecule is [B]/C(CN1CCC1)=C(/O)COC12CC(C)N3C(C(=O)Nc4ccccc4Cl)=CN=CC3CC1C2. The van der Waals surface area contributed by atoms with Crippen molar-refractivity contribution in [3.63, 3.8) is 0 Å². The highest BCUT2D eigenvalue weighted by Gasteiger charge is 2.59. The molecule has 1 aromatic carbocycles. The lowest BCUT2D eigenvalue weighted by molar-refractivity contribution is -0.115. The zero-order valence-corrected chi connectivity index (χ0v) is 20.2. The average molecular weight is 481 g/mol. The molecule has 1 saturated carbocycles. The first kappa shape index (κ1) is 23.5. The van der Waals surface area contributed by atoms with Crippen LogP contribution in [0.3, 0.4) is 0 Å². The normalized spacial score (nSPS) is 30.8. The van der Waals surface area contributed by atoms with Crippen molar-refractivity contribution in [2.24, 2.45) is 10.9 Å². The Morgan fingerprint density at radius 3 is 2.88 bits per heavy atom. The number of hydrogen-bond donors (Lipinski definition) is 2. The number of hydrogen-bond acceptors (Lipinski definition) is 6. The summed E-state index contributed by atoms with van der Waals surface area (Å²) in [6.07, 6.45) is 7.27. The van der Waals surface area contributed by atoms with Crippen LogP contribution in [0.25, 0.3) is 0 Å². The van der Waals surface area contributed by atoms with Gasteiger partial charge >= 0.3 is 0 Å². The summed E-state index contributed by atoms with van der Waals surface area (Å²) in [5.41, 5.74) is 1.28. The molecule has 4 atom stereocenters. The van der Waals surface area contributed by atoms with Gasteiger partial charge in [0.25, 0.3) is 5.91 Å². The van der Waals surface area contributed by atoms with Gasteiger partial charge in [-0.25, -0.2) is 0 Å². The number of carbonyl (C=O) groups is 1. The molecule has 0 spiro atoms. The minimum absolute atomic E-state index is 0.0191. The van der Waals surface area contributed by atoms with Crippen LogP contribution in [0.2, 0.25) is 5.02 Å². The van der Waals surface area contributed by atoms with Crippen LogP contribution in [0.1, 0.15) is 32.6 Å². The van der Waals surface area contributed by atoms with Crippen LogP contribution >= 0.6 is 11.6 Å². The predicted molar refractivity (Wildman–Crippen MR) is 134 cm³/mol. The number of anilines is 1. The number of aliphatic hydroxyl groups excluding tert-OH is 1. The lowest BCUT2D eigenvalue weighted by Gasteiger charge is -2.38. The van der Waals surface area contributed by atoms with Crippen molar-refractivity contribution in [3.8, 4) is 0 Å². The highest BCUT2D eigenvalue weighted by atomic mass is 35.5. The Morgan fingerprint density at radius 2 is 2.15 bits per heavy atom. The van der Waals surface area contributed by atoms with Gasteiger partial charge in [0.2, 0.25) is 0 Å². The van der Waals surface area contributed by atoms with Gasteiger partial charge in [-0.2, -0.15) is 0 Å². The smallest absolute Gasteiger partial charge is 0.273 e. The van der Waals surface area contributed by atoms with E-state index in [1.54, 1.807) is 18.3 Å². The molecule has 0 bridgehead atoms. The molecule has 4 aliphatic rings. The number of fused-ring (bicyclic) bond motifs is 2. The number of nitrogens with one attached hydrogen (secondary N) is 1. The number of carbonyl (C=O) groups excluding carboxylic acids is 1. The van der Waals surface area contributed by atoms with E-state index in [2.05, 4.69) is 27.0 Å². The van der Waals surface area contributed by atoms with Gasteiger partial charge in [0, 0.05) is 18.8 Å². The maximum absolute atomic E-state index is 13.2. The summed E-state index contributed by atoms with van der Waals surface area (Å²) in [5.74, 6) is 0.251. The van der Waals surface area contributed by atoms with E-state index in [1.165, 1.54) is 6.42 Å². The minimum atomic E-state index is -0.306. The van der Waals surface area contributed by atoms with E-state index in [0.29, 0.717) is 34.3 Å². The summed E-state index contributed by atoms with van der Waals surface area (Å²) in [6.45, 7) is 4.87. The van der Waals surface area contributed by atoms with Gasteiger partial charge in [-0.3, -0.25) is 9.79 Å². The van der Waals surface area contributed by atoms with Crippen molar-refractivity contribution >= 4 is 37.3 Å². The van der Waals surface area contributed by atoms with Gasteiger partial charge in [-0.15, -0.1) is 0 Å².